The second kappa shape index (κ2) is 9.87. The zero-order valence-corrected chi connectivity index (χ0v) is 14.6. The van der Waals surface area contributed by atoms with Gasteiger partial charge in [-0.2, -0.15) is 0 Å². The summed E-state index contributed by atoms with van der Waals surface area (Å²) in [4.78, 5) is 22.7. The fourth-order valence-corrected chi connectivity index (χ4v) is 4.53. The lowest BCUT2D eigenvalue weighted by Crippen LogP contribution is -2.41. The number of rotatable bonds is 5. The van der Waals surface area contributed by atoms with E-state index in [2.05, 4.69) is 17.1 Å². The summed E-state index contributed by atoms with van der Waals surface area (Å²) in [5.41, 5.74) is 0. The van der Waals surface area contributed by atoms with Crippen LogP contribution in [0, 0.1) is 0 Å². The Labute approximate surface area is 138 Å². The highest BCUT2D eigenvalue weighted by molar-refractivity contribution is 7.91. The number of likely N-dealkylation sites (tertiary alicyclic amines) is 1. The van der Waals surface area contributed by atoms with E-state index in [0.29, 0.717) is 25.3 Å². The van der Waals surface area contributed by atoms with Gasteiger partial charge in [0.15, 0.2) is 0 Å². The third kappa shape index (κ3) is 7.78. The topological polar surface area (TPSA) is 104 Å². The maximum Gasteiger partial charge on any atom is 0.290 e. The van der Waals surface area contributed by atoms with Crippen molar-refractivity contribution in [3.05, 3.63) is 0 Å². The molecule has 2 aliphatic heterocycles. The molecule has 0 saturated carbocycles. The van der Waals surface area contributed by atoms with Crippen LogP contribution >= 0.6 is 0 Å². The van der Waals surface area contributed by atoms with Gasteiger partial charge in [0.2, 0.25) is 5.91 Å². The summed E-state index contributed by atoms with van der Waals surface area (Å²) in [5, 5.41) is 9.87. The highest BCUT2D eigenvalue weighted by Gasteiger charge is 2.25. The zero-order chi connectivity index (χ0) is 17.3. The monoisotopic (exact) mass is 348 g/mol. The van der Waals surface area contributed by atoms with Crippen molar-refractivity contribution in [3.63, 3.8) is 0 Å². The van der Waals surface area contributed by atoms with E-state index in [0.717, 1.165) is 19.5 Å². The van der Waals surface area contributed by atoms with Crippen LogP contribution in [0.4, 0.5) is 0 Å². The molecule has 0 aromatic carbocycles. The van der Waals surface area contributed by atoms with Crippen molar-refractivity contribution in [1.29, 1.82) is 0 Å². The van der Waals surface area contributed by atoms with Crippen LogP contribution in [0.3, 0.4) is 0 Å². The normalized spacial score (nSPS) is 22.7. The van der Waals surface area contributed by atoms with E-state index in [1.807, 2.05) is 0 Å². The summed E-state index contributed by atoms with van der Waals surface area (Å²) >= 11 is 0. The van der Waals surface area contributed by atoms with Gasteiger partial charge < -0.3 is 15.3 Å². The van der Waals surface area contributed by atoms with Crippen LogP contribution in [0.5, 0.6) is 0 Å². The molecule has 2 saturated heterocycles. The average molecular weight is 348 g/mol. The quantitative estimate of drug-likeness (QED) is 0.707. The minimum atomic E-state index is -2.85. The summed E-state index contributed by atoms with van der Waals surface area (Å²) in [5.74, 6) is 0.491. The third-order valence-corrected chi connectivity index (χ3v) is 6.19. The first-order valence-electron chi connectivity index (χ1n) is 8.19. The van der Waals surface area contributed by atoms with Crippen molar-refractivity contribution in [2.24, 2.45) is 0 Å². The van der Waals surface area contributed by atoms with E-state index >= 15 is 0 Å². The predicted molar refractivity (Wildman–Crippen MR) is 88.0 cm³/mol. The molecule has 0 aromatic rings. The lowest BCUT2D eigenvalue weighted by atomic mass is 10.1. The molecule has 0 bridgehead atoms. The van der Waals surface area contributed by atoms with E-state index in [4.69, 9.17) is 9.90 Å². The molecule has 2 fully saturated rings. The molecule has 1 amide bonds. The van der Waals surface area contributed by atoms with Gasteiger partial charge in [-0.1, -0.05) is 0 Å². The Balaban J connectivity index is 0.000000816. The van der Waals surface area contributed by atoms with Gasteiger partial charge in [-0.25, -0.2) is 8.42 Å². The molecule has 0 radical (unpaired) electrons. The van der Waals surface area contributed by atoms with Crippen molar-refractivity contribution >= 4 is 22.2 Å². The van der Waals surface area contributed by atoms with Crippen molar-refractivity contribution in [2.75, 3.05) is 24.6 Å². The minimum Gasteiger partial charge on any atom is -0.483 e. The van der Waals surface area contributed by atoms with E-state index in [1.165, 1.54) is 12.8 Å². The van der Waals surface area contributed by atoms with Crippen LogP contribution in [0.15, 0.2) is 0 Å². The van der Waals surface area contributed by atoms with Gasteiger partial charge in [0.25, 0.3) is 6.47 Å². The summed E-state index contributed by atoms with van der Waals surface area (Å²) in [7, 11) is -2.85. The number of amides is 1. The number of hydrogen-bond acceptors (Lipinski definition) is 5. The molecule has 2 aliphatic rings. The first-order valence-corrected chi connectivity index (χ1v) is 10.0. The molecule has 2 heterocycles. The van der Waals surface area contributed by atoms with Gasteiger partial charge in [-0.15, -0.1) is 0 Å². The molecule has 8 heteroatoms. The van der Waals surface area contributed by atoms with Crippen LogP contribution in [0.2, 0.25) is 0 Å². The molecule has 1 atom stereocenters. The first kappa shape index (κ1) is 19.9. The van der Waals surface area contributed by atoms with Gasteiger partial charge in [-0.3, -0.25) is 9.59 Å². The Morgan fingerprint density at radius 2 is 1.83 bits per heavy atom. The van der Waals surface area contributed by atoms with Crippen molar-refractivity contribution in [1.82, 2.24) is 10.2 Å². The highest BCUT2D eigenvalue weighted by atomic mass is 32.2. The lowest BCUT2D eigenvalue weighted by Gasteiger charge is -2.25. The largest absolute Gasteiger partial charge is 0.483 e. The number of sulfone groups is 1. The number of carbonyl (C=O) groups is 2. The summed E-state index contributed by atoms with van der Waals surface area (Å²) in [6.45, 7) is 4.25. The Kier molecular flexibility index (Phi) is 8.54. The maximum atomic E-state index is 11.9. The zero-order valence-electron chi connectivity index (χ0n) is 13.7. The van der Waals surface area contributed by atoms with Crippen molar-refractivity contribution < 1.29 is 23.1 Å². The fraction of sp³-hybridized carbons (Fsp3) is 0.867. The predicted octanol–water partition coefficient (Wildman–Crippen LogP) is 0.645. The van der Waals surface area contributed by atoms with Gasteiger partial charge >= 0.3 is 0 Å². The Bertz CT molecular complexity index is 460. The molecule has 23 heavy (non-hydrogen) atoms. The van der Waals surface area contributed by atoms with Crippen LogP contribution in [-0.2, 0) is 19.4 Å². The number of carbonyl (C=O) groups excluding carboxylic acids is 1. The van der Waals surface area contributed by atoms with Crippen LogP contribution in [-0.4, -0.2) is 67.5 Å². The van der Waals surface area contributed by atoms with Gasteiger partial charge in [0.05, 0.1) is 11.5 Å². The molecule has 2 rings (SSSR count). The van der Waals surface area contributed by atoms with Crippen molar-refractivity contribution in [3.8, 4) is 0 Å². The van der Waals surface area contributed by atoms with Gasteiger partial charge in [-0.05, 0) is 52.1 Å². The minimum absolute atomic E-state index is 0.0492. The van der Waals surface area contributed by atoms with Crippen LogP contribution in [0.1, 0.15) is 45.4 Å². The molecule has 1 unspecified atom stereocenters. The molecule has 7 nitrogen and oxygen atoms in total. The summed E-state index contributed by atoms with van der Waals surface area (Å²) in [6, 6.07) is 0.517. The van der Waals surface area contributed by atoms with E-state index in [1.54, 1.807) is 0 Å². The van der Waals surface area contributed by atoms with Gasteiger partial charge in [0, 0.05) is 18.5 Å². The van der Waals surface area contributed by atoms with E-state index in [-0.39, 0.29) is 29.9 Å². The fourth-order valence-electron chi connectivity index (χ4n) is 3.04. The SMILES string of the molecule is CC(CCC(=O)NC1CCS(=O)(=O)CC1)N1CCCC1.O=CO. The van der Waals surface area contributed by atoms with E-state index in [9.17, 15) is 13.2 Å². The molecule has 0 aromatic heterocycles. The Morgan fingerprint density at radius 1 is 1.30 bits per heavy atom. The maximum absolute atomic E-state index is 11.9. The first-order chi connectivity index (χ1) is 10.9. The number of carboxylic acid groups (broad SMARTS) is 1. The third-order valence-electron chi connectivity index (χ3n) is 4.47. The molecular weight excluding hydrogens is 320 g/mol. The Hall–Kier alpha value is -1.15. The summed E-state index contributed by atoms with van der Waals surface area (Å²) in [6.07, 6.45) is 5.10. The van der Waals surface area contributed by atoms with Crippen LogP contribution in [0.25, 0.3) is 0 Å². The molecule has 2 N–H and O–H groups in total. The van der Waals surface area contributed by atoms with E-state index < -0.39 is 9.84 Å². The highest BCUT2D eigenvalue weighted by Crippen LogP contribution is 2.16. The number of hydrogen-bond donors (Lipinski definition) is 2. The molecule has 0 aliphatic carbocycles. The average Bonchev–Trinajstić information content (AvgIpc) is 3.02. The Morgan fingerprint density at radius 3 is 2.35 bits per heavy atom. The second-order valence-electron chi connectivity index (χ2n) is 6.23. The standard InChI is InChI=1S/C14H26N2O3S.CH2O2/c1-12(16-8-2-3-9-16)4-5-14(17)15-13-6-10-20(18,19)11-7-13;2-1-3/h12-13H,2-11H2,1H3,(H,15,17);1H,(H,2,3). The molecular formula is C15H28N2O5S. The van der Waals surface area contributed by atoms with Crippen molar-refractivity contribution in [2.45, 2.75) is 57.5 Å². The summed E-state index contributed by atoms with van der Waals surface area (Å²) < 4.78 is 22.7. The second-order valence-corrected chi connectivity index (χ2v) is 8.53. The van der Waals surface area contributed by atoms with Crippen LogP contribution < -0.4 is 5.32 Å². The molecule has 0 spiro atoms. The number of nitrogens with zero attached hydrogens (tertiary/aromatic N) is 1. The number of nitrogens with one attached hydrogen (secondary N) is 1. The lowest BCUT2D eigenvalue weighted by molar-refractivity contribution is -0.123. The smallest absolute Gasteiger partial charge is 0.290 e. The van der Waals surface area contributed by atoms with Gasteiger partial charge in [0.1, 0.15) is 9.84 Å². The molecule has 134 valence electrons.